The molecule has 1 heterocycles. The Balaban J connectivity index is 2.52. The Morgan fingerprint density at radius 2 is 2.29 bits per heavy atom. The van der Waals surface area contributed by atoms with Gasteiger partial charge < -0.3 is 0 Å². The van der Waals surface area contributed by atoms with Gasteiger partial charge in [0.2, 0.25) is 0 Å². The molecule has 14 heavy (non-hydrogen) atoms. The van der Waals surface area contributed by atoms with Crippen LogP contribution in [-0.2, 0) is 9.84 Å². The van der Waals surface area contributed by atoms with Crippen LogP contribution in [0, 0.1) is 5.92 Å². The summed E-state index contributed by atoms with van der Waals surface area (Å²) in [5, 5.41) is 0. The van der Waals surface area contributed by atoms with Crippen LogP contribution < -0.4 is 0 Å². The van der Waals surface area contributed by atoms with Gasteiger partial charge in [0.15, 0.2) is 9.84 Å². The van der Waals surface area contributed by atoms with Gasteiger partial charge in [-0.05, 0) is 12.5 Å². The second-order valence-electron chi connectivity index (χ2n) is 3.43. The average molecular weight is 209 g/mol. The molecule has 0 aromatic heterocycles. The number of rotatable bonds is 1. The summed E-state index contributed by atoms with van der Waals surface area (Å²) in [6, 6.07) is 0. The summed E-state index contributed by atoms with van der Waals surface area (Å²) in [6.45, 7) is 0. The van der Waals surface area contributed by atoms with Crippen molar-refractivity contribution in [1.82, 2.24) is 0 Å². The number of sulfone groups is 1. The number of allylic oxidation sites excluding steroid dienone is 5. The molecule has 1 atom stereocenters. The van der Waals surface area contributed by atoms with Crippen LogP contribution in [0.4, 0.5) is 0 Å². The van der Waals surface area contributed by atoms with Gasteiger partial charge in [-0.15, -0.1) is 0 Å². The van der Waals surface area contributed by atoms with Crippen LogP contribution in [0.1, 0.15) is 6.42 Å². The quantitative estimate of drug-likeness (QED) is 0.656. The standard InChI is InChI=1S/C10H11NO2S/c1-14(12,13)9-6-2-4-8-5-3-7-11-10(8)9/h2-4,6-8H,5H2,1H3. The topological polar surface area (TPSA) is 46.5 Å². The second kappa shape index (κ2) is 3.20. The first-order valence-corrected chi connectivity index (χ1v) is 6.30. The van der Waals surface area contributed by atoms with E-state index in [0.717, 1.165) is 6.42 Å². The van der Waals surface area contributed by atoms with Crippen LogP contribution in [0.3, 0.4) is 0 Å². The number of fused-ring (bicyclic) bond motifs is 1. The number of aliphatic imine (C=N–C) groups is 1. The Hall–Kier alpha value is -1.16. The molecule has 0 N–H and O–H groups in total. The third kappa shape index (κ3) is 1.57. The van der Waals surface area contributed by atoms with Gasteiger partial charge in [-0.3, -0.25) is 4.99 Å². The van der Waals surface area contributed by atoms with Gasteiger partial charge in [0.1, 0.15) is 0 Å². The minimum Gasteiger partial charge on any atom is -0.260 e. The van der Waals surface area contributed by atoms with Gasteiger partial charge in [0, 0.05) is 18.4 Å². The molecule has 0 fully saturated rings. The molecule has 0 aromatic rings. The second-order valence-corrected chi connectivity index (χ2v) is 5.41. The number of hydrogen-bond donors (Lipinski definition) is 0. The molecule has 0 spiro atoms. The molecule has 0 aromatic carbocycles. The van der Waals surface area contributed by atoms with Crippen molar-refractivity contribution < 1.29 is 8.42 Å². The van der Waals surface area contributed by atoms with E-state index in [4.69, 9.17) is 0 Å². The van der Waals surface area contributed by atoms with Gasteiger partial charge in [-0.2, -0.15) is 0 Å². The minimum absolute atomic E-state index is 0.134. The zero-order valence-corrected chi connectivity index (χ0v) is 8.66. The van der Waals surface area contributed by atoms with Crippen LogP contribution in [-0.4, -0.2) is 20.4 Å². The number of nitrogens with zero attached hydrogens (tertiary/aromatic N) is 1. The van der Waals surface area contributed by atoms with E-state index >= 15 is 0 Å². The fraction of sp³-hybridized carbons (Fsp3) is 0.300. The molecule has 2 rings (SSSR count). The Bertz CT molecular complexity index is 466. The molecule has 0 bridgehead atoms. The van der Waals surface area contributed by atoms with Crippen molar-refractivity contribution in [3.63, 3.8) is 0 Å². The molecule has 1 unspecified atom stereocenters. The van der Waals surface area contributed by atoms with E-state index in [1.165, 1.54) is 6.26 Å². The van der Waals surface area contributed by atoms with Gasteiger partial charge in [0.25, 0.3) is 0 Å². The highest BCUT2D eigenvalue weighted by atomic mass is 32.2. The molecule has 74 valence electrons. The molecular weight excluding hydrogens is 198 g/mol. The smallest absolute Gasteiger partial charge is 0.177 e. The molecule has 0 saturated heterocycles. The Morgan fingerprint density at radius 1 is 1.50 bits per heavy atom. The molecular formula is C10H11NO2S. The summed E-state index contributed by atoms with van der Waals surface area (Å²) in [4.78, 5) is 4.49. The Labute approximate surface area is 83.5 Å². The van der Waals surface area contributed by atoms with Crippen molar-refractivity contribution in [3.05, 3.63) is 35.4 Å². The average Bonchev–Trinajstić information content (AvgIpc) is 2.15. The summed E-state index contributed by atoms with van der Waals surface area (Å²) in [5.41, 5.74) is 0.678. The molecule has 0 radical (unpaired) electrons. The lowest BCUT2D eigenvalue weighted by atomic mass is 9.93. The molecule has 1 aliphatic carbocycles. The van der Waals surface area contributed by atoms with Gasteiger partial charge in [-0.1, -0.05) is 18.2 Å². The summed E-state index contributed by atoms with van der Waals surface area (Å²) < 4.78 is 22.9. The molecule has 0 saturated carbocycles. The molecule has 4 heteroatoms. The number of hydrogen-bond acceptors (Lipinski definition) is 3. The largest absolute Gasteiger partial charge is 0.260 e. The highest BCUT2D eigenvalue weighted by Gasteiger charge is 2.26. The Kier molecular flexibility index (Phi) is 2.15. The van der Waals surface area contributed by atoms with Crippen LogP contribution in [0.5, 0.6) is 0 Å². The zero-order chi connectivity index (χ0) is 10.2. The predicted octanol–water partition coefficient (Wildman–Crippen LogP) is 1.46. The van der Waals surface area contributed by atoms with Crippen molar-refractivity contribution in [3.8, 4) is 0 Å². The van der Waals surface area contributed by atoms with Crippen molar-refractivity contribution in [2.45, 2.75) is 6.42 Å². The van der Waals surface area contributed by atoms with Crippen LogP contribution in [0.2, 0.25) is 0 Å². The first-order valence-electron chi connectivity index (χ1n) is 4.40. The monoisotopic (exact) mass is 209 g/mol. The van der Waals surface area contributed by atoms with Crippen molar-refractivity contribution in [1.29, 1.82) is 0 Å². The van der Waals surface area contributed by atoms with E-state index < -0.39 is 9.84 Å². The van der Waals surface area contributed by atoms with Crippen LogP contribution in [0.15, 0.2) is 40.4 Å². The molecule has 1 aliphatic heterocycles. The molecule has 2 aliphatic rings. The van der Waals surface area contributed by atoms with E-state index in [1.807, 2.05) is 12.2 Å². The summed E-state index contributed by atoms with van der Waals surface area (Å²) in [7, 11) is -3.15. The first kappa shape index (κ1) is 9.40. The minimum atomic E-state index is -3.15. The van der Waals surface area contributed by atoms with Crippen molar-refractivity contribution in [2.24, 2.45) is 10.9 Å². The lowest BCUT2D eigenvalue weighted by Gasteiger charge is -2.20. The fourth-order valence-corrected chi connectivity index (χ4v) is 2.55. The van der Waals surface area contributed by atoms with Gasteiger partial charge >= 0.3 is 0 Å². The van der Waals surface area contributed by atoms with E-state index in [2.05, 4.69) is 4.99 Å². The third-order valence-corrected chi connectivity index (χ3v) is 3.45. The van der Waals surface area contributed by atoms with E-state index in [9.17, 15) is 8.42 Å². The lowest BCUT2D eigenvalue weighted by molar-refractivity contribution is 0.608. The zero-order valence-electron chi connectivity index (χ0n) is 7.84. The van der Waals surface area contributed by atoms with E-state index in [0.29, 0.717) is 10.6 Å². The fourth-order valence-electron chi connectivity index (χ4n) is 1.64. The van der Waals surface area contributed by atoms with Crippen LogP contribution >= 0.6 is 0 Å². The highest BCUT2D eigenvalue weighted by molar-refractivity contribution is 7.95. The maximum Gasteiger partial charge on any atom is 0.177 e. The molecule has 0 amide bonds. The first-order chi connectivity index (χ1) is 6.59. The predicted molar refractivity (Wildman–Crippen MR) is 56.7 cm³/mol. The van der Waals surface area contributed by atoms with Crippen LogP contribution in [0.25, 0.3) is 0 Å². The maximum atomic E-state index is 11.4. The van der Waals surface area contributed by atoms with E-state index in [1.54, 1.807) is 18.4 Å². The highest BCUT2D eigenvalue weighted by Crippen LogP contribution is 2.25. The SMILES string of the molecule is CS(=O)(=O)C1=CC=CC2CC=CN=C12. The van der Waals surface area contributed by atoms with Gasteiger partial charge in [-0.25, -0.2) is 8.42 Å². The summed E-state index contributed by atoms with van der Waals surface area (Å²) in [6.07, 6.45) is 11.1. The van der Waals surface area contributed by atoms with E-state index in [-0.39, 0.29) is 5.92 Å². The third-order valence-electron chi connectivity index (χ3n) is 2.30. The summed E-state index contributed by atoms with van der Waals surface area (Å²) >= 11 is 0. The van der Waals surface area contributed by atoms with Crippen molar-refractivity contribution >= 4 is 15.5 Å². The van der Waals surface area contributed by atoms with Gasteiger partial charge in [0.05, 0.1) is 10.6 Å². The lowest BCUT2D eigenvalue weighted by Crippen LogP contribution is -2.23. The van der Waals surface area contributed by atoms with Crippen molar-refractivity contribution in [2.75, 3.05) is 6.26 Å². The summed E-state index contributed by atoms with van der Waals surface area (Å²) in [5.74, 6) is 0.134. The molecule has 3 nitrogen and oxygen atoms in total. The normalized spacial score (nSPS) is 25.4. The Morgan fingerprint density at radius 3 is 3.00 bits per heavy atom. The maximum absolute atomic E-state index is 11.4.